The first-order valence-corrected chi connectivity index (χ1v) is 5.99. The van der Waals surface area contributed by atoms with Crippen LogP contribution in [0.5, 0.6) is 11.5 Å². The highest BCUT2D eigenvalue weighted by molar-refractivity contribution is 5.40. The summed E-state index contributed by atoms with van der Waals surface area (Å²) >= 11 is 0. The van der Waals surface area contributed by atoms with Gasteiger partial charge in [-0.15, -0.1) is 0 Å². The smallest absolute Gasteiger partial charge is 0.161 e. The van der Waals surface area contributed by atoms with Crippen molar-refractivity contribution >= 4 is 0 Å². The molecular weight excluding hydrogens is 220 g/mol. The Balaban J connectivity index is 1.70. The predicted molar refractivity (Wildman–Crippen MR) is 61.3 cm³/mol. The summed E-state index contributed by atoms with van der Waals surface area (Å²) in [5.41, 5.74) is 0. The number of hydrogen-bond donors (Lipinski definition) is 1. The van der Waals surface area contributed by atoms with Gasteiger partial charge in [0.15, 0.2) is 17.6 Å². The van der Waals surface area contributed by atoms with Gasteiger partial charge in [0.2, 0.25) is 0 Å². The molecule has 1 aromatic carbocycles. The highest BCUT2D eigenvalue weighted by Gasteiger charge is 2.34. The Morgan fingerprint density at radius 3 is 2.76 bits per heavy atom. The van der Waals surface area contributed by atoms with Crippen molar-refractivity contribution in [3.63, 3.8) is 0 Å². The summed E-state index contributed by atoms with van der Waals surface area (Å²) < 4.78 is 16.6. The summed E-state index contributed by atoms with van der Waals surface area (Å²) in [7, 11) is 0. The zero-order valence-corrected chi connectivity index (χ0v) is 9.54. The lowest BCUT2D eigenvalue weighted by Gasteiger charge is -2.31. The Morgan fingerprint density at radius 1 is 1.18 bits per heavy atom. The minimum Gasteiger partial charge on any atom is -0.486 e. The third-order valence-corrected chi connectivity index (χ3v) is 3.36. The van der Waals surface area contributed by atoms with Gasteiger partial charge in [0.25, 0.3) is 0 Å². The number of rotatable bonds is 2. The van der Waals surface area contributed by atoms with Crippen molar-refractivity contribution in [1.29, 1.82) is 0 Å². The second kappa shape index (κ2) is 4.55. The van der Waals surface area contributed by atoms with Crippen LogP contribution in [0.4, 0.5) is 0 Å². The number of fused-ring (bicyclic) bond motifs is 1. The van der Waals surface area contributed by atoms with E-state index in [1.165, 1.54) is 0 Å². The molecular formula is C13H16O4. The second-order valence-electron chi connectivity index (χ2n) is 4.53. The van der Waals surface area contributed by atoms with Crippen LogP contribution in [-0.4, -0.2) is 37.1 Å². The van der Waals surface area contributed by atoms with Crippen LogP contribution in [-0.2, 0) is 4.74 Å². The lowest BCUT2D eigenvalue weighted by molar-refractivity contribution is -0.0396. The van der Waals surface area contributed by atoms with Gasteiger partial charge < -0.3 is 19.3 Å². The predicted octanol–water partition coefficient (Wildman–Crippen LogP) is 1.22. The summed E-state index contributed by atoms with van der Waals surface area (Å²) in [6, 6.07) is 7.54. The minimum atomic E-state index is -0.522. The molecule has 1 aromatic rings. The van der Waals surface area contributed by atoms with E-state index in [1.54, 1.807) is 0 Å². The van der Waals surface area contributed by atoms with Crippen molar-refractivity contribution in [2.24, 2.45) is 5.92 Å². The molecule has 4 nitrogen and oxygen atoms in total. The van der Waals surface area contributed by atoms with Crippen LogP contribution in [0, 0.1) is 5.92 Å². The van der Waals surface area contributed by atoms with Gasteiger partial charge in [-0.2, -0.15) is 0 Å². The number of aliphatic hydroxyl groups is 1. The molecule has 0 aliphatic carbocycles. The molecule has 0 radical (unpaired) electrons. The van der Waals surface area contributed by atoms with Crippen LogP contribution in [0.1, 0.15) is 6.42 Å². The van der Waals surface area contributed by atoms with E-state index in [4.69, 9.17) is 14.2 Å². The summed E-state index contributed by atoms with van der Waals surface area (Å²) in [6.45, 7) is 1.74. The highest BCUT2D eigenvalue weighted by atomic mass is 16.6. The lowest BCUT2D eigenvalue weighted by Crippen LogP contribution is -2.43. The van der Waals surface area contributed by atoms with E-state index >= 15 is 0 Å². The number of hydrogen-bond acceptors (Lipinski definition) is 4. The fraction of sp³-hybridized carbons (Fsp3) is 0.538. The van der Waals surface area contributed by atoms with Crippen molar-refractivity contribution in [1.82, 2.24) is 0 Å². The average molecular weight is 236 g/mol. The number of aliphatic hydroxyl groups excluding tert-OH is 1. The number of para-hydroxylation sites is 2. The van der Waals surface area contributed by atoms with E-state index in [2.05, 4.69) is 0 Å². The van der Waals surface area contributed by atoms with Gasteiger partial charge in [-0.05, 0) is 18.6 Å². The molecule has 1 N–H and O–H groups in total. The Hall–Kier alpha value is -1.26. The van der Waals surface area contributed by atoms with Gasteiger partial charge in [-0.3, -0.25) is 0 Å². The molecule has 2 aliphatic rings. The van der Waals surface area contributed by atoms with Crippen LogP contribution in [0.15, 0.2) is 24.3 Å². The molecule has 4 heteroatoms. The highest BCUT2D eigenvalue weighted by Crippen LogP contribution is 2.33. The molecule has 3 rings (SSSR count). The maximum Gasteiger partial charge on any atom is 0.161 e. The Labute approximate surface area is 100 Å². The van der Waals surface area contributed by atoms with E-state index in [1.807, 2.05) is 24.3 Å². The Morgan fingerprint density at radius 2 is 2.00 bits per heavy atom. The Bertz CT molecular complexity index is 387. The molecule has 0 aromatic heterocycles. The quantitative estimate of drug-likeness (QED) is 0.839. The molecule has 92 valence electrons. The molecule has 0 amide bonds. The van der Waals surface area contributed by atoms with Crippen LogP contribution in [0.2, 0.25) is 0 Å². The molecule has 17 heavy (non-hydrogen) atoms. The van der Waals surface area contributed by atoms with Crippen LogP contribution in [0.3, 0.4) is 0 Å². The first-order chi connectivity index (χ1) is 8.34. The van der Waals surface area contributed by atoms with Gasteiger partial charge in [0, 0.05) is 12.5 Å². The van der Waals surface area contributed by atoms with E-state index in [0.717, 1.165) is 18.8 Å². The standard InChI is InChI=1S/C13H16O4/c14-13(9-5-6-15-7-9)12-8-16-10-3-1-2-4-11(10)17-12/h1-4,9,12-14H,5-8H2. The molecule has 3 atom stereocenters. The summed E-state index contributed by atoms with van der Waals surface area (Å²) in [5, 5.41) is 10.2. The van der Waals surface area contributed by atoms with Crippen molar-refractivity contribution < 1.29 is 19.3 Å². The maximum absolute atomic E-state index is 10.2. The monoisotopic (exact) mass is 236 g/mol. The number of ether oxygens (including phenoxy) is 3. The van der Waals surface area contributed by atoms with Crippen molar-refractivity contribution in [3.05, 3.63) is 24.3 Å². The third kappa shape index (κ3) is 2.10. The summed E-state index contributed by atoms with van der Waals surface area (Å²) in [4.78, 5) is 0. The van der Waals surface area contributed by atoms with Crippen molar-refractivity contribution in [2.45, 2.75) is 18.6 Å². The average Bonchev–Trinajstić information content (AvgIpc) is 2.91. The third-order valence-electron chi connectivity index (χ3n) is 3.36. The fourth-order valence-corrected chi connectivity index (χ4v) is 2.33. The zero-order valence-electron chi connectivity index (χ0n) is 9.54. The molecule has 0 saturated carbocycles. The molecule has 1 saturated heterocycles. The molecule has 2 aliphatic heterocycles. The van der Waals surface area contributed by atoms with Crippen LogP contribution >= 0.6 is 0 Å². The van der Waals surface area contributed by atoms with Gasteiger partial charge in [0.1, 0.15) is 6.61 Å². The lowest BCUT2D eigenvalue weighted by atomic mass is 9.97. The van der Waals surface area contributed by atoms with Gasteiger partial charge >= 0.3 is 0 Å². The van der Waals surface area contributed by atoms with E-state index in [9.17, 15) is 5.11 Å². The fourth-order valence-electron chi connectivity index (χ4n) is 2.33. The SMILES string of the molecule is OC(C1CCOC1)C1COc2ccccc2O1. The zero-order chi connectivity index (χ0) is 11.7. The first-order valence-electron chi connectivity index (χ1n) is 5.99. The van der Waals surface area contributed by atoms with Gasteiger partial charge in [-0.25, -0.2) is 0 Å². The van der Waals surface area contributed by atoms with Crippen LogP contribution in [0.25, 0.3) is 0 Å². The number of benzene rings is 1. The van der Waals surface area contributed by atoms with E-state index < -0.39 is 6.10 Å². The molecule has 3 unspecified atom stereocenters. The molecule has 0 bridgehead atoms. The first kappa shape index (κ1) is 10.9. The molecule has 1 fully saturated rings. The minimum absolute atomic E-state index is 0.161. The maximum atomic E-state index is 10.2. The molecule has 0 spiro atoms. The van der Waals surface area contributed by atoms with Crippen LogP contribution < -0.4 is 9.47 Å². The Kier molecular flexibility index (Phi) is 2.91. The topological polar surface area (TPSA) is 47.9 Å². The summed E-state index contributed by atoms with van der Waals surface area (Å²) in [5.74, 6) is 1.62. The second-order valence-corrected chi connectivity index (χ2v) is 4.53. The van der Waals surface area contributed by atoms with Crippen molar-refractivity contribution in [2.75, 3.05) is 19.8 Å². The van der Waals surface area contributed by atoms with Gasteiger partial charge in [0.05, 0.1) is 12.7 Å². The van der Waals surface area contributed by atoms with Crippen molar-refractivity contribution in [3.8, 4) is 11.5 Å². The van der Waals surface area contributed by atoms with E-state index in [0.29, 0.717) is 19.0 Å². The van der Waals surface area contributed by atoms with Gasteiger partial charge in [-0.1, -0.05) is 12.1 Å². The normalized spacial score (nSPS) is 29.0. The summed E-state index contributed by atoms with van der Waals surface area (Å²) in [6.07, 6.45) is 0.0744. The van der Waals surface area contributed by atoms with E-state index in [-0.39, 0.29) is 12.0 Å². The largest absolute Gasteiger partial charge is 0.486 e. The molecule has 2 heterocycles.